The Morgan fingerprint density at radius 3 is 2.80 bits per heavy atom. The molecular formula is C15H24N2O3. The summed E-state index contributed by atoms with van der Waals surface area (Å²) in [5.74, 6) is 0.494. The lowest BCUT2D eigenvalue weighted by molar-refractivity contribution is 0.0680. The maximum atomic E-state index is 12.2. The highest BCUT2D eigenvalue weighted by atomic mass is 16.5. The monoisotopic (exact) mass is 280 g/mol. The summed E-state index contributed by atoms with van der Waals surface area (Å²) in [6.45, 7) is 6.81. The zero-order chi connectivity index (χ0) is 14.5. The van der Waals surface area contributed by atoms with Gasteiger partial charge >= 0.3 is 0 Å². The summed E-state index contributed by atoms with van der Waals surface area (Å²) in [6.07, 6.45) is 3.60. The fourth-order valence-corrected chi connectivity index (χ4v) is 2.41. The van der Waals surface area contributed by atoms with Crippen molar-refractivity contribution in [2.45, 2.75) is 39.3 Å². The molecule has 0 aromatic carbocycles. The van der Waals surface area contributed by atoms with E-state index in [1.54, 1.807) is 10.6 Å². The predicted molar refractivity (Wildman–Crippen MR) is 78.7 cm³/mol. The van der Waals surface area contributed by atoms with Crippen LogP contribution in [0.3, 0.4) is 0 Å². The molecule has 0 aliphatic carbocycles. The minimum Gasteiger partial charge on any atom is -0.394 e. The smallest absolute Gasteiger partial charge is 0.273 e. The van der Waals surface area contributed by atoms with Gasteiger partial charge in [-0.1, -0.05) is 13.8 Å². The van der Waals surface area contributed by atoms with E-state index in [4.69, 9.17) is 15.2 Å². The first-order chi connectivity index (χ1) is 9.58. The first kappa shape index (κ1) is 15.1. The summed E-state index contributed by atoms with van der Waals surface area (Å²) >= 11 is 0. The minimum atomic E-state index is -0.107. The highest BCUT2D eigenvalue weighted by Crippen LogP contribution is 2.20. The van der Waals surface area contributed by atoms with Crippen molar-refractivity contribution in [1.82, 2.24) is 4.57 Å². The minimum absolute atomic E-state index is 0.107. The topological polar surface area (TPSA) is 66.5 Å². The van der Waals surface area contributed by atoms with Crippen molar-refractivity contribution in [1.29, 1.82) is 0 Å². The lowest BCUT2D eigenvalue weighted by atomic mass is 10.1. The van der Waals surface area contributed by atoms with E-state index >= 15 is 0 Å². The molecule has 2 heterocycles. The first-order valence-corrected chi connectivity index (χ1v) is 7.24. The third kappa shape index (κ3) is 3.84. The van der Waals surface area contributed by atoms with Crippen molar-refractivity contribution in [3.63, 3.8) is 0 Å². The van der Waals surface area contributed by atoms with E-state index in [2.05, 4.69) is 13.8 Å². The van der Waals surface area contributed by atoms with Crippen LogP contribution in [-0.4, -0.2) is 24.4 Å². The van der Waals surface area contributed by atoms with Crippen LogP contribution in [-0.2, 0) is 16.1 Å². The molecule has 0 amide bonds. The fraction of sp³-hybridized carbons (Fsp3) is 0.667. The molecule has 0 radical (unpaired) electrons. The highest BCUT2D eigenvalue weighted by Gasteiger charge is 2.18. The SMILES string of the molecule is CC(C)COCc1cc(N)c(=O)n(C2CCOCC2)c1. The maximum Gasteiger partial charge on any atom is 0.273 e. The Morgan fingerprint density at radius 2 is 2.15 bits per heavy atom. The van der Waals surface area contributed by atoms with E-state index in [1.165, 1.54) is 0 Å². The van der Waals surface area contributed by atoms with Crippen molar-refractivity contribution in [3.05, 3.63) is 28.2 Å². The van der Waals surface area contributed by atoms with Gasteiger partial charge in [-0.25, -0.2) is 0 Å². The maximum absolute atomic E-state index is 12.2. The summed E-state index contributed by atoms with van der Waals surface area (Å²) < 4.78 is 12.7. The Bertz CT molecular complexity index is 490. The number of hydrogen-bond acceptors (Lipinski definition) is 4. The molecule has 0 saturated carbocycles. The first-order valence-electron chi connectivity index (χ1n) is 7.24. The number of anilines is 1. The number of nitrogens with two attached hydrogens (primary N) is 1. The molecule has 1 aliphatic heterocycles. The van der Waals surface area contributed by atoms with Gasteiger partial charge in [-0.3, -0.25) is 4.79 Å². The Hall–Kier alpha value is -1.33. The molecule has 0 unspecified atom stereocenters. The second-order valence-electron chi connectivity index (χ2n) is 5.77. The van der Waals surface area contributed by atoms with Gasteiger partial charge in [-0.15, -0.1) is 0 Å². The molecule has 1 aromatic heterocycles. The van der Waals surface area contributed by atoms with Gasteiger partial charge in [0.25, 0.3) is 5.56 Å². The fourth-order valence-electron chi connectivity index (χ4n) is 2.41. The van der Waals surface area contributed by atoms with Gasteiger partial charge < -0.3 is 19.8 Å². The third-order valence-electron chi connectivity index (χ3n) is 3.43. The Kier molecular flexibility index (Phi) is 5.20. The van der Waals surface area contributed by atoms with Crippen LogP contribution in [0.4, 0.5) is 5.69 Å². The molecule has 1 fully saturated rings. The number of nitrogen functional groups attached to an aromatic ring is 1. The molecule has 5 nitrogen and oxygen atoms in total. The molecule has 0 spiro atoms. The van der Waals surface area contributed by atoms with E-state index in [0.29, 0.717) is 38.0 Å². The van der Waals surface area contributed by atoms with E-state index < -0.39 is 0 Å². The Morgan fingerprint density at radius 1 is 1.45 bits per heavy atom. The number of rotatable bonds is 5. The van der Waals surface area contributed by atoms with Crippen molar-refractivity contribution >= 4 is 5.69 Å². The molecule has 1 saturated heterocycles. The molecule has 112 valence electrons. The van der Waals surface area contributed by atoms with Gasteiger partial charge in [0.1, 0.15) is 0 Å². The zero-order valence-corrected chi connectivity index (χ0v) is 12.3. The molecule has 1 aromatic rings. The van der Waals surface area contributed by atoms with Crippen LogP contribution < -0.4 is 11.3 Å². The lowest BCUT2D eigenvalue weighted by Crippen LogP contribution is -2.30. The normalized spacial score (nSPS) is 16.8. The van der Waals surface area contributed by atoms with E-state index in [-0.39, 0.29) is 11.6 Å². The second-order valence-corrected chi connectivity index (χ2v) is 5.77. The van der Waals surface area contributed by atoms with Gasteiger partial charge in [0, 0.05) is 32.1 Å². The third-order valence-corrected chi connectivity index (χ3v) is 3.43. The Labute approximate surface area is 119 Å². The summed E-state index contributed by atoms with van der Waals surface area (Å²) in [5.41, 5.74) is 6.98. The van der Waals surface area contributed by atoms with Gasteiger partial charge in [-0.2, -0.15) is 0 Å². The molecule has 2 N–H and O–H groups in total. The predicted octanol–water partition coefficient (Wildman–Crippen LogP) is 1.95. The molecule has 5 heteroatoms. The summed E-state index contributed by atoms with van der Waals surface area (Å²) in [5, 5.41) is 0. The number of pyridine rings is 1. The summed E-state index contributed by atoms with van der Waals surface area (Å²) in [4.78, 5) is 12.2. The zero-order valence-electron chi connectivity index (χ0n) is 12.3. The molecule has 20 heavy (non-hydrogen) atoms. The molecule has 0 atom stereocenters. The molecule has 2 rings (SSSR count). The van der Waals surface area contributed by atoms with E-state index in [9.17, 15) is 4.79 Å². The molecule has 0 bridgehead atoms. The number of aromatic nitrogens is 1. The van der Waals surface area contributed by atoms with Crippen LogP contribution in [0.25, 0.3) is 0 Å². The van der Waals surface area contributed by atoms with Crippen LogP contribution in [0.5, 0.6) is 0 Å². The number of nitrogens with zero attached hydrogens (tertiary/aromatic N) is 1. The van der Waals surface area contributed by atoms with Crippen molar-refractivity contribution in [2.75, 3.05) is 25.6 Å². The van der Waals surface area contributed by atoms with Crippen LogP contribution in [0, 0.1) is 5.92 Å². The number of hydrogen-bond donors (Lipinski definition) is 1. The average Bonchev–Trinajstić information content (AvgIpc) is 2.43. The van der Waals surface area contributed by atoms with Crippen LogP contribution in [0.1, 0.15) is 38.3 Å². The summed E-state index contributed by atoms with van der Waals surface area (Å²) in [6, 6.07) is 1.90. The van der Waals surface area contributed by atoms with Crippen LogP contribution in [0.2, 0.25) is 0 Å². The van der Waals surface area contributed by atoms with Gasteiger partial charge in [-0.05, 0) is 30.4 Å². The van der Waals surface area contributed by atoms with Crippen molar-refractivity contribution < 1.29 is 9.47 Å². The van der Waals surface area contributed by atoms with E-state index in [0.717, 1.165) is 18.4 Å². The van der Waals surface area contributed by atoms with Crippen LogP contribution in [0.15, 0.2) is 17.1 Å². The standard InChI is InChI=1S/C15H24N2O3/c1-11(2)9-20-10-12-7-14(16)15(18)17(8-12)13-3-5-19-6-4-13/h7-8,11,13H,3-6,9-10,16H2,1-2H3. The largest absolute Gasteiger partial charge is 0.394 e. The van der Waals surface area contributed by atoms with Gasteiger partial charge in [0.2, 0.25) is 0 Å². The van der Waals surface area contributed by atoms with Crippen molar-refractivity contribution in [3.8, 4) is 0 Å². The quantitative estimate of drug-likeness (QED) is 0.895. The summed E-state index contributed by atoms with van der Waals surface area (Å²) in [7, 11) is 0. The Balaban J connectivity index is 2.14. The molecule has 1 aliphatic rings. The highest BCUT2D eigenvalue weighted by molar-refractivity contribution is 5.38. The van der Waals surface area contributed by atoms with Crippen molar-refractivity contribution in [2.24, 2.45) is 5.92 Å². The van der Waals surface area contributed by atoms with E-state index in [1.807, 2.05) is 6.20 Å². The van der Waals surface area contributed by atoms with Gasteiger partial charge in [0.15, 0.2) is 0 Å². The second kappa shape index (κ2) is 6.90. The molecular weight excluding hydrogens is 256 g/mol. The lowest BCUT2D eigenvalue weighted by Gasteiger charge is -2.25. The van der Waals surface area contributed by atoms with Gasteiger partial charge in [0.05, 0.1) is 12.3 Å². The number of ether oxygens (including phenoxy) is 2. The average molecular weight is 280 g/mol. The van der Waals surface area contributed by atoms with Crippen LogP contribution >= 0.6 is 0 Å².